The molecular weight excluding hydrogens is 268 g/mol. The number of rotatable bonds is 7. The van der Waals surface area contributed by atoms with Crippen molar-refractivity contribution in [2.24, 2.45) is 0 Å². The molecule has 0 saturated heterocycles. The number of carbonyl (C=O) groups excluding carboxylic acids is 1. The van der Waals surface area contributed by atoms with E-state index in [1.165, 1.54) is 25.7 Å². The quantitative estimate of drug-likeness (QED) is 0.805. The highest BCUT2D eigenvalue weighted by Crippen LogP contribution is 2.23. The minimum absolute atomic E-state index is 0.00627. The molecule has 0 unspecified atom stereocenters. The molecule has 1 amide bonds. The van der Waals surface area contributed by atoms with Gasteiger partial charge in [-0.3, -0.25) is 4.79 Å². The predicted octanol–water partition coefficient (Wildman–Crippen LogP) is 1.85. The molecule has 0 heterocycles. The van der Waals surface area contributed by atoms with E-state index < -0.39 is 0 Å². The molecule has 1 aliphatic rings. The maximum Gasteiger partial charge on any atom is 0.234 e. The number of hydrogen-bond donors (Lipinski definition) is 2. The van der Waals surface area contributed by atoms with Crippen LogP contribution in [0.25, 0.3) is 0 Å². The van der Waals surface area contributed by atoms with Crippen LogP contribution in [0.2, 0.25) is 0 Å². The molecule has 0 aliphatic heterocycles. The molecule has 116 valence electrons. The highest BCUT2D eigenvalue weighted by molar-refractivity contribution is 5.78. The van der Waals surface area contributed by atoms with Crippen LogP contribution in [0.15, 0.2) is 18.2 Å². The van der Waals surface area contributed by atoms with Gasteiger partial charge in [0.15, 0.2) is 0 Å². The summed E-state index contributed by atoms with van der Waals surface area (Å²) >= 11 is 0. The first-order valence-corrected chi connectivity index (χ1v) is 7.44. The first kappa shape index (κ1) is 15.6. The maximum atomic E-state index is 11.9. The van der Waals surface area contributed by atoms with Gasteiger partial charge in [0.1, 0.15) is 11.5 Å². The third kappa shape index (κ3) is 4.63. The van der Waals surface area contributed by atoms with Crippen LogP contribution in [0.4, 0.5) is 0 Å². The lowest BCUT2D eigenvalue weighted by Crippen LogP contribution is -2.37. The molecule has 2 N–H and O–H groups in total. The van der Waals surface area contributed by atoms with Gasteiger partial charge in [-0.15, -0.1) is 0 Å². The Hall–Kier alpha value is -1.75. The molecule has 2 rings (SSSR count). The molecular formula is C16H24N2O3. The molecule has 1 aliphatic carbocycles. The van der Waals surface area contributed by atoms with Crippen LogP contribution in [0.1, 0.15) is 31.2 Å². The molecule has 5 heteroatoms. The molecule has 1 saturated carbocycles. The van der Waals surface area contributed by atoms with Gasteiger partial charge in [-0.25, -0.2) is 0 Å². The molecule has 0 bridgehead atoms. The number of methoxy groups -OCH3 is 2. The van der Waals surface area contributed by atoms with Gasteiger partial charge in [-0.2, -0.15) is 0 Å². The van der Waals surface area contributed by atoms with Crippen molar-refractivity contribution in [2.75, 3.05) is 20.8 Å². The second-order valence-corrected chi connectivity index (χ2v) is 5.32. The molecule has 0 aromatic heterocycles. The van der Waals surface area contributed by atoms with Gasteiger partial charge in [0.05, 0.1) is 20.8 Å². The largest absolute Gasteiger partial charge is 0.497 e. The highest BCUT2D eigenvalue weighted by atomic mass is 16.5. The maximum absolute atomic E-state index is 11.9. The molecule has 0 atom stereocenters. The van der Waals surface area contributed by atoms with E-state index in [4.69, 9.17) is 9.47 Å². The molecule has 1 fully saturated rings. The van der Waals surface area contributed by atoms with E-state index in [0.29, 0.717) is 19.1 Å². The van der Waals surface area contributed by atoms with Crippen LogP contribution < -0.4 is 20.1 Å². The van der Waals surface area contributed by atoms with Gasteiger partial charge in [0.2, 0.25) is 5.91 Å². The number of amides is 1. The normalized spacial score (nSPS) is 15.0. The summed E-state index contributed by atoms with van der Waals surface area (Å²) in [6.45, 7) is 0.808. The molecule has 1 aromatic rings. The SMILES string of the molecule is COc1ccc(OC)c(CNC(=O)CNC2CCCC2)c1. The molecule has 1 aromatic carbocycles. The summed E-state index contributed by atoms with van der Waals surface area (Å²) in [5.41, 5.74) is 0.908. The van der Waals surface area contributed by atoms with Crippen LogP contribution in [-0.4, -0.2) is 32.7 Å². The summed E-state index contributed by atoms with van der Waals surface area (Å²) in [6.07, 6.45) is 4.88. The molecule has 0 spiro atoms. The Morgan fingerprint density at radius 1 is 1.24 bits per heavy atom. The molecule has 0 radical (unpaired) electrons. The average molecular weight is 292 g/mol. The standard InChI is InChI=1S/C16H24N2O3/c1-20-14-7-8-15(21-2)12(9-14)10-18-16(19)11-17-13-5-3-4-6-13/h7-9,13,17H,3-6,10-11H2,1-2H3,(H,18,19). The number of hydrogen-bond acceptors (Lipinski definition) is 4. The van der Waals surface area contributed by atoms with E-state index in [2.05, 4.69) is 10.6 Å². The number of benzene rings is 1. The zero-order valence-corrected chi connectivity index (χ0v) is 12.8. The summed E-state index contributed by atoms with van der Waals surface area (Å²) < 4.78 is 10.5. The van der Waals surface area contributed by atoms with Crippen molar-refractivity contribution in [2.45, 2.75) is 38.3 Å². The first-order chi connectivity index (χ1) is 10.2. The van der Waals surface area contributed by atoms with Crippen molar-refractivity contribution >= 4 is 5.91 Å². The van der Waals surface area contributed by atoms with Gasteiger partial charge in [-0.1, -0.05) is 12.8 Å². The monoisotopic (exact) mass is 292 g/mol. The first-order valence-electron chi connectivity index (χ1n) is 7.44. The predicted molar refractivity (Wildman–Crippen MR) is 81.7 cm³/mol. The number of ether oxygens (including phenoxy) is 2. The summed E-state index contributed by atoms with van der Waals surface area (Å²) in [6, 6.07) is 6.06. The topological polar surface area (TPSA) is 59.6 Å². The Bertz CT molecular complexity index is 471. The van der Waals surface area contributed by atoms with Gasteiger partial charge in [0.25, 0.3) is 0 Å². The van der Waals surface area contributed by atoms with Crippen LogP contribution >= 0.6 is 0 Å². The van der Waals surface area contributed by atoms with Crippen LogP contribution in [0.5, 0.6) is 11.5 Å². The van der Waals surface area contributed by atoms with Crippen molar-refractivity contribution in [1.82, 2.24) is 10.6 Å². The van der Waals surface area contributed by atoms with Crippen molar-refractivity contribution in [3.8, 4) is 11.5 Å². The second-order valence-electron chi connectivity index (χ2n) is 5.32. The van der Waals surface area contributed by atoms with Crippen molar-refractivity contribution in [1.29, 1.82) is 0 Å². The number of nitrogens with one attached hydrogen (secondary N) is 2. The lowest BCUT2D eigenvalue weighted by atomic mass is 10.2. The average Bonchev–Trinajstić information content (AvgIpc) is 3.04. The number of carbonyl (C=O) groups is 1. The van der Waals surface area contributed by atoms with E-state index in [1.807, 2.05) is 18.2 Å². The Morgan fingerprint density at radius 2 is 2.00 bits per heavy atom. The molecule has 5 nitrogen and oxygen atoms in total. The summed E-state index contributed by atoms with van der Waals surface area (Å²) in [5, 5.41) is 6.21. The van der Waals surface area contributed by atoms with Crippen molar-refractivity contribution in [3.05, 3.63) is 23.8 Å². The van der Waals surface area contributed by atoms with E-state index in [0.717, 1.165) is 17.1 Å². The minimum Gasteiger partial charge on any atom is -0.497 e. The van der Waals surface area contributed by atoms with Crippen LogP contribution in [-0.2, 0) is 11.3 Å². The van der Waals surface area contributed by atoms with E-state index >= 15 is 0 Å². The Labute approximate surface area is 126 Å². The highest BCUT2D eigenvalue weighted by Gasteiger charge is 2.15. The third-order valence-corrected chi connectivity index (χ3v) is 3.87. The van der Waals surface area contributed by atoms with Gasteiger partial charge < -0.3 is 20.1 Å². The van der Waals surface area contributed by atoms with Crippen molar-refractivity contribution in [3.63, 3.8) is 0 Å². The Balaban J connectivity index is 1.82. The second kappa shape index (κ2) is 7.88. The fourth-order valence-corrected chi connectivity index (χ4v) is 2.64. The lowest BCUT2D eigenvalue weighted by molar-refractivity contribution is -0.120. The summed E-state index contributed by atoms with van der Waals surface area (Å²) in [7, 11) is 3.24. The smallest absolute Gasteiger partial charge is 0.234 e. The van der Waals surface area contributed by atoms with Gasteiger partial charge in [0, 0.05) is 18.2 Å². The lowest BCUT2D eigenvalue weighted by Gasteiger charge is -2.13. The fraction of sp³-hybridized carbons (Fsp3) is 0.562. The minimum atomic E-state index is 0.00627. The summed E-state index contributed by atoms with van der Waals surface area (Å²) in [5.74, 6) is 1.51. The molecule has 21 heavy (non-hydrogen) atoms. The fourth-order valence-electron chi connectivity index (χ4n) is 2.64. The zero-order valence-electron chi connectivity index (χ0n) is 12.8. The Kier molecular flexibility index (Phi) is 5.87. The van der Waals surface area contributed by atoms with E-state index in [9.17, 15) is 4.79 Å². The third-order valence-electron chi connectivity index (χ3n) is 3.87. The van der Waals surface area contributed by atoms with Crippen LogP contribution in [0.3, 0.4) is 0 Å². The van der Waals surface area contributed by atoms with Crippen LogP contribution in [0, 0.1) is 0 Å². The zero-order chi connectivity index (χ0) is 15.1. The summed E-state index contributed by atoms with van der Waals surface area (Å²) in [4.78, 5) is 11.9. The van der Waals surface area contributed by atoms with Gasteiger partial charge in [-0.05, 0) is 31.0 Å². The Morgan fingerprint density at radius 3 is 2.67 bits per heavy atom. The van der Waals surface area contributed by atoms with Gasteiger partial charge >= 0.3 is 0 Å². The van der Waals surface area contributed by atoms with E-state index in [-0.39, 0.29) is 5.91 Å². The van der Waals surface area contributed by atoms with E-state index in [1.54, 1.807) is 14.2 Å². The van der Waals surface area contributed by atoms with Crippen molar-refractivity contribution < 1.29 is 14.3 Å².